The van der Waals surface area contributed by atoms with Crippen molar-refractivity contribution >= 4 is 5.97 Å². The number of rotatable bonds is 7. The van der Waals surface area contributed by atoms with E-state index in [0.29, 0.717) is 42.7 Å². The third-order valence-electron chi connectivity index (χ3n) is 8.58. The Balaban J connectivity index is 1.29. The highest BCUT2D eigenvalue weighted by molar-refractivity contribution is 5.71. The highest BCUT2D eigenvalue weighted by Gasteiger charge is 2.49. The maximum absolute atomic E-state index is 13.6. The topological polar surface area (TPSA) is 58.6 Å². The van der Waals surface area contributed by atoms with E-state index in [1.165, 1.54) is 6.92 Å². The van der Waals surface area contributed by atoms with Crippen LogP contribution in [0.2, 0.25) is 0 Å². The van der Waals surface area contributed by atoms with Gasteiger partial charge in [-0.2, -0.15) is 26.3 Å². The molecule has 212 valence electrons. The second-order valence-electron chi connectivity index (χ2n) is 11.4. The lowest BCUT2D eigenvalue weighted by Gasteiger charge is -2.51. The van der Waals surface area contributed by atoms with Crippen molar-refractivity contribution < 1.29 is 41.0 Å². The van der Waals surface area contributed by atoms with Crippen LogP contribution in [0, 0.1) is 11.8 Å². The lowest BCUT2D eigenvalue weighted by Crippen LogP contribution is -2.58. The minimum atomic E-state index is -4.78. The number of hydrogen-bond acceptors (Lipinski definition) is 3. The van der Waals surface area contributed by atoms with Crippen molar-refractivity contribution in [2.24, 2.45) is 11.8 Å². The van der Waals surface area contributed by atoms with Crippen LogP contribution >= 0.6 is 0 Å². The van der Waals surface area contributed by atoms with E-state index in [9.17, 15) is 36.2 Å². The molecular weight excluding hydrogens is 524 g/mol. The molecule has 0 amide bonds. The molecule has 2 N–H and O–H groups in total. The Bertz CT molecular complexity index is 1250. The van der Waals surface area contributed by atoms with E-state index in [1.54, 1.807) is 6.92 Å². The molecule has 1 heterocycles. The Morgan fingerprint density at radius 1 is 1.03 bits per heavy atom. The highest BCUT2D eigenvalue weighted by Crippen LogP contribution is 2.50. The van der Waals surface area contributed by atoms with E-state index in [4.69, 9.17) is 4.74 Å². The SMILES string of the molecule is C[C@H](NC1CC2(CCc3ccc([C@H](C4CC4)[C@H](C)C(=O)O)cc3O2)C1)c1cc(C(F)(F)F)ccc1C(F)(F)F. The molecular formula is C29H31F6NO3. The Labute approximate surface area is 222 Å². The van der Waals surface area contributed by atoms with Gasteiger partial charge >= 0.3 is 18.3 Å². The van der Waals surface area contributed by atoms with Crippen LogP contribution in [-0.4, -0.2) is 22.7 Å². The van der Waals surface area contributed by atoms with Crippen molar-refractivity contribution in [3.63, 3.8) is 0 Å². The van der Waals surface area contributed by atoms with Crippen LogP contribution < -0.4 is 10.1 Å². The molecule has 0 aromatic heterocycles. The largest absolute Gasteiger partial charge is 0.487 e. The minimum absolute atomic E-state index is 0.0961. The summed E-state index contributed by atoms with van der Waals surface area (Å²) in [5, 5.41) is 12.7. The second kappa shape index (κ2) is 9.71. The van der Waals surface area contributed by atoms with E-state index in [2.05, 4.69) is 5.32 Å². The fourth-order valence-electron chi connectivity index (χ4n) is 6.35. The Morgan fingerprint density at radius 3 is 2.31 bits per heavy atom. The Morgan fingerprint density at radius 2 is 1.72 bits per heavy atom. The van der Waals surface area contributed by atoms with Crippen LogP contribution in [0.1, 0.15) is 85.7 Å². The molecule has 1 spiro atoms. The molecule has 2 aromatic rings. The second-order valence-corrected chi connectivity index (χ2v) is 11.4. The fourth-order valence-corrected chi connectivity index (χ4v) is 6.35. The maximum Gasteiger partial charge on any atom is 0.416 e. The summed E-state index contributed by atoms with van der Waals surface area (Å²) in [5.41, 5.74) is -1.16. The van der Waals surface area contributed by atoms with E-state index in [0.717, 1.165) is 36.8 Å². The zero-order valence-corrected chi connectivity index (χ0v) is 21.6. The highest BCUT2D eigenvalue weighted by atomic mass is 19.4. The van der Waals surface area contributed by atoms with Crippen molar-refractivity contribution in [2.45, 2.75) is 88.3 Å². The number of alkyl halides is 6. The van der Waals surface area contributed by atoms with Crippen LogP contribution in [-0.2, 0) is 23.6 Å². The van der Waals surface area contributed by atoms with Crippen molar-refractivity contribution in [3.8, 4) is 5.75 Å². The number of halogens is 6. The zero-order valence-electron chi connectivity index (χ0n) is 21.6. The molecule has 0 radical (unpaired) electrons. The van der Waals surface area contributed by atoms with Gasteiger partial charge < -0.3 is 15.2 Å². The summed E-state index contributed by atoms with van der Waals surface area (Å²) < 4.78 is 86.8. The van der Waals surface area contributed by atoms with Crippen LogP contribution in [0.3, 0.4) is 0 Å². The van der Waals surface area contributed by atoms with Crippen molar-refractivity contribution in [3.05, 3.63) is 64.2 Å². The average molecular weight is 556 g/mol. The minimum Gasteiger partial charge on any atom is -0.487 e. The standard InChI is InChI=1S/C29H31F6NO3/c1-15(26(37)38)25(18-4-5-18)19-6-3-17-9-10-27(39-24(17)11-19)13-21(14-27)36-16(2)22-12-20(28(30,31)32)7-8-23(22)29(33,34)35/h3,6-8,11-12,15-16,18,21,25,36H,4-5,9-10,13-14H2,1-2H3,(H,37,38)/t15-,16-,21?,25-,27?/m0/s1. The molecule has 2 aromatic carbocycles. The lowest BCUT2D eigenvalue weighted by atomic mass is 9.70. The van der Waals surface area contributed by atoms with Crippen LogP contribution in [0.5, 0.6) is 5.75 Å². The summed E-state index contributed by atoms with van der Waals surface area (Å²) in [6.45, 7) is 3.17. The molecule has 0 saturated heterocycles. The van der Waals surface area contributed by atoms with Gasteiger partial charge in [0.05, 0.1) is 17.0 Å². The van der Waals surface area contributed by atoms with Crippen LogP contribution in [0.4, 0.5) is 26.3 Å². The van der Waals surface area contributed by atoms with Gasteiger partial charge in [0.1, 0.15) is 11.4 Å². The Hall–Kier alpha value is -2.75. The fraction of sp³-hybridized carbons (Fsp3) is 0.552. The summed E-state index contributed by atoms with van der Waals surface area (Å²) in [4.78, 5) is 11.7. The van der Waals surface area contributed by atoms with E-state index in [1.807, 2.05) is 18.2 Å². The normalized spacial score (nSPS) is 25.3. The van der Waals surface area contributed by atoms with Crippen molar-refractivity contribution in [1.82, 2.24) is 5.32 Å². The molecule has 5 rings (SSSR count). The molecule has 0 bridgehead atoms. The lowest BCUT2D eigenvalue weighted by molar-refractivity contribution is -0.142. The van der Waals surface area contributed by atoms with Gasteiger partial charge in [-0.15, -0.1) is 0 Å². The number of carboxylic acids is 1. The molecule has 1 aliphatic heterocycles. The first-order chi connectivity index (χ1) is 18.2. The monoisotopic (exact) mass is 555 g/mol. The molecule has 4 nitrogen and oxygen atoms in total. The van der Waals surface area contributed by atoms with Gasteiger partial charge in [-0.05, 0) is 85.4 Å². The summed E-state index contributed by atoms with van der Waals surface area (Å²) in [7, 11) is 0. The zero-order chi connectivity index (χ0) is 28.3. The molecule has 2 fully saturated rings. The molecule has 0 unspecified atom stereocenters. The molecule has 3 aliphatic rings. The van der Waals surface area contributed by atoms with Gasteiger partial charge in [0, 0.05) is 24.9 Å². The molecule has 2 aliphatic carbocycles. The van der Waals surface area contributed by atoms with E-state index >= 15 is 0 Å². The summed E-state index contributed by atoms with van der Waals surface area (Å²) in [6.07, 6.45) is -5.02. The third kappa shape index (κ3) is 5.62. The van der Waals surface area contributed by atoms with Crippen molar-refractivity contribution in [2.75, 3.05) is 0 Å². The number of hydrogen-bond donors (Lipinski definition) is 2. The number of ether oxygens (including phenoxy) is 1. The predicted molar refractivity (Wildman–Crippen MR) is 131 cm³/mol. The van der Waals surface area contributed by atoms with Gasteiger partial charge in [-0.1, -0.05) is 19.1 Å². The smallest absolute Gasteiger partial charge is 0.416 e. The maximum atomic E-state index is 13.6. The number of fused-ring (bicyclic) bond motifs is 1. The number of nitrogens with one attached hydrogen (secondary N) is 1. The number of aliphatic carboxylic acids is 1. The summed E-state index contributed by atoms with van der Waals surface area (Å²) >= 11 is 0. The first kappa shape index (κ1) is 27.8. The predicted octanol–water partition coefficient (Wildman–Crippen LogP) is 7.52. The average Bonchev–Trinajstić information content (AvgIpc) is 3.66. The van der Waals surface area contributed by atoms with Crippen molar-refractivity contribution in [1.29, 1.82) is 0 Å². The van der Waals surface area contributed by atoms with Gasteiger partial charge in [-0.25, -0.2) is 0 Å². The van der Waals surface area contributed by atoms with Gasteiger partial charge in [0.15, 0.2) is 0 Å². The van der Waals surface area contributed by atoms with Crippen LogP contribution in [0.25, 0.3) is 0 Å². The van der Waals surface area contributed by atoms with Gasteiger partial charge in [-0.3, -0.25) is 4.79 Å². The first-order valence-electron chi connectivity index (χ1n) is 13.3. The van der Waals surface area contributed by atoms with E-state index < -0.39 is 52.6 Å². The Kier molecular flexibility index (Phi) is 6.92. The molecule has 10 heteroatoms. The number of benzene rings is 2. The molecule has 3 atom stereocenters. The number of carboxylic acid groups (broad SMARTS) is 1. The summed E-state index contributed by atoms with van der Waals surface area (Å²) in [5.74, 6) is -0.405. The molecule has 39 heavy (non-hydrogen) atoms. The van der Waals surface area contributed by atoms with Crippen LogP contribution in [0.15, 0.2) is 36.4 Å². The number of aryl methyl sites for hydroxylation is 1. The summed E-state index contributed by atoms with van der Waals surface area (Å²) in [6, 6.07) is 6.30. The quantitative estimate of drug-likeness (QED) is 0.347. The van der Waals surface area contributed by atoms with E-state index in [-0.39, 0.29) is 12.0 Å². The third-order valence-corrected chi connectivity index (χ3v) is 8.58. The van der Waals surface area contributed by atoms with Gasteiger partial charge in [0.25, 0.3) is 0 Å². The molecule has 2 saturated carbocycles. The first-order valence-corrected chi connectivity index (χ1v) is 13.3. The van der Waals surface area contributed by atoms with Gasteiger partial charge in [0.2, 0.25) is 0 Å². The number of carbonyl (C=O) groups is 1.